The molecule has 1 unspecified atom stereocenters. The third-order valence-electron chi connectivity index (χ3n) is 2.96. The Labute approximate surface area is 124 Å². The van der Waals surface area contributed by atoms with Crippen molar-refractivity contribution < 1.29 is 14.0 Å². The molecular formula is C15H21N3O3. The van der Waals surface area contributed by atoms with Crippen LogP contribution in [0, 0.1) is 0 Å². The molecule has 114 valence electrons. The van der Waals surface area contributed by atoms with Gasteiger partial charge in [-0.3, -0.25) is 0 Å². The van der Waals surface area contributed by atoms with Gasteiger partial charge in [0.15, 0.2) is 23.9 Å². The molecule has 0 aliphatic carbocycles. The molecule has 2 N–H and O–H groups in total. The molecule has 1 aromatic carbocycles. The van der Waals surface area contributed by atoms with Crippen LogP contribution in [-0.2, 0) is 19.4 Å². The van der Waals surface area contributed by atoms with Crippen molar-refractivity contribution in [3.63, 3.8) is 0 Å². The second kappa shape index (κ2) is 7.08. The highest BCUT2D eigenvalue weighted by atomic mass is 16.5. The number of nitrogens with zero attached hydrogens (tertiary/aromatic N) is 2. The maximum absolute atomic E-state index is 5.80. The Morgan fingerprint density at radius 3 is 2.76 bits per heavy atom. The highest BCUT2D eigenvalue weighted by molar-refractivity contribution is 5.43. The molecule has 0 fully saturated rings. The summed E-state index contributed by atoms with van der Waals surface area (Å²) in [7, 11) is 1.61. The second-order valence-corrected chi connectivity index (χ2v) is 4.91. The summed E-state index contributed by atoms with van der Waals surface area (Å²) in [6.45, 7) is 4.16. The predicted octanol–water partition coefficient (Wildman–Crippen LogP) is 2.11. The molecule has 0 radical (unpaired) electrons. The van der Waals surface area contributed by atoms with E-state index in [4.69, 9.17) is 19.7 Å². The van der Waals surface area contributed by atoms with Crippen molar-refractivity contribution >= 4 is 0 Å². The Hall–Kier alpha value is -2.08. The maximum Gasteiger partial charge on any atom is 0.264 e. The fraction of sp³-hybridized carbons (Fsp3) is 0.467. The van der Waals surface area contributed by atoms with E-state index < -0.39 is 0 Å². The van der Waals surface area contributed by atoms with Gasteiger partial charge in [-0.05, 0) is 31.0 Å². The zero-order chi connectivity index (χ0) is 15.2. The van der Waals surface area contributed by atoms with Gasteiger partial charge in [0.2, 0.25) is 0 Å². The molecule has 21 heavy (non-hydrogen) atoms. The summed E-state index contributed by atoms with van der Waals surface area (Å²) >= 11 is 0. The van der Waals surface area contributed by atoms with E-state index in [1.165, 1.54) is 0 Å². The largest absolute Gasteiger partial charge is 0.493 e. The van der Waals surface area contributed by atoms with Crippen molar-refractivity contribution in [2.75, 3.05) is 7.11 Å². The van der Waals surface area contributed by atoms with Crippen LogP contribution in [0.2, 0.25) is 0 Å². The monoisotopic (exact) mass is 291 g/mol. The Morgan fingerprint density at radius 1 is 1.33 bits per heavy atom. The summed E-state index contributed by atoms with van der Waals surface area (Å²) < 4.78 is 16.1. The number of ether oxygens (including phenoxy) is 2. The lowest BCUT2D eigenvalue weighted by molar-refractivity contribution is 0.233. The first-order chi connectivity index (χ1) is 10.1. The van der Waals surface area contributed by atoms with Gasteiger partial charge in [0.25, 0.3) is 5.89 Å². The van der Waals surface area contributed by atoms with Crippen LogP contribution in [0.4, 0.5) is 0 Å². The van der Waals surface area contributed by atoms with E-state index in [1.54, 1.807) is 7.11 Å². The van der Waals surface area contributed by atoms with Crippen molar-refractivity contribution in [1.29, 1.82) is 0 Å². The number of nitrogens with two attached hydrogens (primary N) is 1. The van der Waals surface area contributed by atoms with Crippen LogP contribution in [0.3, 0.4) is 0 Å². The van der Waals surface area contributed by atoms with Crippen LogP contribution < -0.4 is 15.2 Å². The van der Waals surface area contributed by atoms with Crippen LogP contribution in [0.15, 0.2) is 22.7 Å². The van der Waals surface area contributed by atoms with E-state index in [-0.39, 0.29) is 12.6 Å². The minimum Gasteiger partial charge on any atom is -0.493 e. The first-order valence-corrected chi connectivity index (χ1v) is 6.99. The smallest absolute Gasteiger partial charge is 0.264 e. The number of hydrogen-bond acceptors (Lipinski definition) is 6. The standard InChI is InChI=1S/C15H21N3O3/c1-4-14-17-15(21-18-14)9-20-12-6-5-11(7-10(2)16)8-13(12)19-3/h5-6,8,10H,4,7,9,16H2,1-3H3. The number of benzene rings is 1. The Morgan fingerprint density at radius 2 is 2.14 bits per heavy atom. The van der Waals surface area contributed by atoms with Gasteiger partial charge in [-0.15, -0.1) is 0 Å². The van der Waals surface area contributed by atoms with Crippen LogP contribution in [0.25, 0.3) is 0 Å². The topological polar surface area (TPSA) is 83.4 Å². The van der Waals surface area contributed by atoms with Gasteiger partial charge < -0.3 is 19.7 Å². The minimum atomic E-state index is 0.104. The molecule has 0 aliphatic heterocycles. The van der Waals surface area contributed by atoms with Crippen LogP contribution in [0.1, 0.15) is 31.1 Å². The number of aromatic nitrogens is 2. The van der Waals surface area contributed by atoms with Crippen molar-refractivity contribution in [3.8, 4) is 11.5 Å². The van der Waals surface area contributed by atoms with E-state index in [1.807, 2.05) is 32.0 Å². The molecule has 0 spiro atoms. The van der Waals surface area contributed by atoms with Crippen LogP contribution in [0.5, 0.6) is 11.5 Å². The van der Waals surface area contributed by atoms with Crippen molar-refractivity contribution in [2.45, 2.75) is 39.3 Å². The average Bonchev–Trinajstić information content (AvgIpc) is 2.93. The third-order valence-corrected chi connectivity index (χ3v) is 2.96. The molecule has 1 heterocycles. The SMILES string of the molecule is CCc1noc(COc2ccc(CC(C)N)cc2OC)n1. The molecule has 0 aliphatic rings. The van der Waals surface area contributed by atoms with Gasteiger partial charge in [0, 0.05) is 12.5 Å². The van der Waals surface area contributed by atoms with Crippen molar-refractivity contribution in [2.24, 2.45) is 5.73 Å². The van der Waals surface area contributed by atoms with Crippen LogP contribution >= 0.6 is 0 Å². The first kappa shape index (κ1) is 15.3. The summed E-state index contributed by atoms with van der Waals surface area (Å²) in [5, 5.41) is 3.83. The Kier molecular flexibility index (Phi) is 5.16. The Balaban J connectivity index is 2.05. The zero-order valence-corrected chi connectivity index (χ0v) is 12.6. The van der Waals surface area contributed by atoms with E-state index in [0.29, 0.717) is 23.2 Å². The molecule has 1 atom stereocenters. The number of hydrogen-bond donors (Lipinski definition) is 1. The Bertz CT molecular complexity index is 581. The van der Waals surface area contributed by atoms with Gasteiger partial charge >= 0.3 is 0 Å². The minimum absolute atomic E-state index is 0.104. The molecule has 6 heteroatoms. The fourth-order valence-corrected chi connectivity index (χ4v) is 1.96. The van der Waals surface area contributed by atoms with Gasteiger partial charge in [-0.1, -0.05) is 18.1 Å². The number of methoxy groups -OCH3 is 1. The van der Waals surface area contributed by atoms with E-state index in [2.05, 4.69) is 10.1 Å². The normalized spacial score (nSPS) is 12.2. The maximum atomic E-state index is 5.80. The highest BCUT2D eigenvalue weighted by Gasteiger charge is 2.10. The summed E-state index contributed by atoms with van der Waals surface area (Å²) in [6, 6.07) is 5.89. The quantitative estimate of drug-likeness (QED) is 0.841. The second-order valence-electron chi connectivity index (χ2n) is 4.91. The van der Waals surface area contributed by atoms with Crippen LogP contribution in [-0.4, -0.2) is 23.3 Å². The molecule has 2 aromatic rings. The van der Waals surface area contributed by atoms with Crippen molar-refractivity contribution in [3.05, 3.63) is 35.5 Å². The molecule has 1 aromatic heterocycles. The van der Waals surface area contributed by atoms with Gasteiger partial charge in [-0.25, -0.2) is 0 Å². The van der Waals surface area contributed by atoms with E-state index >= 15 is 0 Å². The van der Waals surface area contributed by atoms with Gasteiger partial charge in [-0.2, -0.15) is 4.98 Å². The number of rotatable bonds is 7. The summed E-state index contributed by atoms with van der Waals surface area (Å²) in [5.41, 5.74) is 6.92. The highest BCUT2D eigenvalue weighted by Crippen LogP contribution is 2.29. The van der Waals surface area contributed by atoms with Gasteiger partial charge in [0.05, 0.1) is 7.11 Å². The lowest BCUT2D eigenvalue weighted by Gasteiger charge is -2.12. The number of aryl methyl sites for hydroxylation is 1. The zero-order valence-electron chi connectivity index (χ0n) is 12.6. The predicted molar refractivity (Wildman–Crippen MR) is 78.4 cm³/mol. The molecule has 6 nitrogen and oxygen atoms in total. The molecule has 0 saturated carbocycles. The van der Waals surface area contributed by atoms with E-state index in [0.717, 1.165) is 18.4 Å². The van der Waals surface area contributed by atoms with Crippen molar-refractivity contribution in [1.82, 2.24) is 10.1 Å². The van der Waals surface area contributed by atoms with E-state index in [9.17, 15) is 0 Å². The molecule has 0 amide bonds. The van der Waals surface area contributed by atoms with Gasteiger partial charge in [0.1, 0.15) is 0 Å². The summed E-state index contributed by atoms with van der Waals surface area (Å²) in [4.78, 5) is 4.20. The summed E-state index contributed by atoms with van der Waals surface area (Å²) in [6.07, 6.45) is 1.53. The lowest BCUT2D eigenvalue weighted by Crippen LogP contribution is -2.17. The fourth-order valence-electron chi connectivity index (χ4n) is 1.96. The summed E-state index contributed by atoms with van der Waals surface area (Å²) in [5.74, 6) is 2.44. The average molecular weight is 291 g/mol. The lowest BCUT2D eigenvalue weighted by atomic mass is 10.1. The molecule has 2 rings (SSSR count). The third kappa shape index (κ3) is 4.19. The molecular weight excluding hydrogens is 270 g/mol. The molecule has 0 bridgehead atoms. The first-order valence-electron chi connectivity index (χ1n) is 6.99. The molecule has 0 saturated heterocycles.